The Morgan fingerprint density at radius 3 is 1.97 bits per heavy atom. The zero-order chi connectivity index (χ0) is 21.7. The Hall–Kier alpha value is -2.77. The van der Waals surface area contributed by atoms with Crippen molar-refractivity contribution in [1.82, 2.24) is 0 Å². The van der Waals surface area contributed by atoms with Crippen molar-refractivity contribution in [2.75, 3.05) is 6.61 Å². The third-order valence-corrected chi connectivity index (χ3v) is 3.96. The third-order valence-electron chi connectivity index (χ3n) is 3.96. The maximum atomic E-state index is 13.4. The highest BCUT2D eigenvalue weighted by Gasteiger charge is 2.35. The second kappa shape index (κ2) is 9.15. The number of ketones is 1. The highest BCUT2D eigenvalue weighted by Crippen LogP contribution is 2.35. The summed E-state index contributed by atoms with van der Waals surface area (Å²) in [5.74, 6) is -0.646. The van der Waals surface area contributed by atoms with E-state index in [4.69, 9.17) is 4.74 Å². The average molecular weight is 416 g/mol. The number of aryl methyl sites for hydroxylation is 1. The van der Waals surface area contributed by atoms with Crippen molar-refractivity contribution in [1.29, 1.82) is 0 Å². The summed E-state index contributed by atoms with van der Waals surface area (Å²) in [5, 5.41) is 0. The van der Waals surface area contributed by atoms with Crippen LogP contribution in [0.4, 0.5) is 26.3 Å². The molecule has 156 valence electrons. The molecule has 0 fully saturated rings. The number of rotatable bonds is 7. The SMILES string of the molecule is Cc1ccc(C(=O)C=C(c2ccc(OCCCC(F)(F)F)cc2)C(F)(F)F)cc1. The van der Waals surface area contributed by atoms with Crippen molar-refractivity contribution in [2.24, 2.45) is 0 Å². The van der Waals surface area contributed by atoms with E-state index in [9.17, 15) is 31.1 Å². The lowest BCUT2D eigenvalue weighted by molar-refractivity contribution is -0.136. The van der Waals surface area contributed by atoms with Gasteiger partial charge in [0.15, 0.2) is 5.78 Å². The largest absolute Gasteiger partial charge is 0.494 e. The highest BCUT2D eigenvalue weighted by molar-refractivity contribution is 6.09. The molecule has 29 heavy (non-hydrogen) atoms. The lowest BCUT2D eigenvalue weighted by atomic mass is 10.0. The van der Waals surface area contributed by atoms with E-state index in [2.05, 4.69) is 0 Å². The fourth-order valence-corrected chi connectivity index (χ4v) is 2.45. The van der Waals surface area contributed by atoms with Crippen molar-refractivity contribution in [2.45, 2.75) is 32.1 Å². The summed E-state index contributed by atoms with van der Waals surface area (Å²) in [5.41, 5.74) is -0.373. The molecule has 0 aliphatic heterocycles. The number of carbonyl (C=O) groups excluding carboxylic acids is 1. The molecule has 0 heterocycles. The van der Waals surface area contributed by atoms with Crippen LogP contribution in [0, 0.1) is 6.92 Å². The van der Waals surface area contributed by atoms with Crippen LogP contribution in [0.1, 0.15) is 34.3 Å². The molecule has 0 aromatic heterocycles. The second-order valence-electron chi connectivity index (χ2n) is 6.38. The van der Waals surface area contributed by atoms with Crippen molar-refractivity contribution in [3.8, 4) is 5.75 Å². The molecule has 8 heteroatoms. The van der Waals surface area contributed by atoms with Crippen LogP contribution in [0.25, 0.3) is 5.57 Å². The van der Waals surface area contributed by atoms with Gasteiger partial charge in [0.25, 0.3) is 0 Å². The lowest BCUT2D eigenvalue weighted by Crippen LogP contribution is -2.13. The van der Waals surface area contributed by atoms with Crippen molar-refractivity contribution < 1.29 is 35.9 Å². The van der Waals surface area contributed by atoms with Gasteiger partial charge in [0, 0.05) is 12.0 Å². The number of ether oxygens (including phenoxy) is 1. The Bertz CT molecular complexity index is 847. The zero-order valence-electron chi connectivity index (χ0n) is 15.4. The minimum atomic E-state index is -4.77. The predicted octanol–water partition coefficient (Wildman–Crippen LogP) is 6.54. The summed E-state index contributed by atoms with van der Waals surface area (Å²) in [4.78, 5) is 12.2. The second-order valence-corrected chi connectivity index (χ2v) is 6.38. The molecule has 0 saturated carbocycles. The number of benzene rings is 2. The first-order chi connectivity index (χ1) is 13.5. The number of alkyl halides is 6. The minimum Gasteiger partial charge on any atom is -0.494 e. The first kappa shape index (κ1) is 22.5. The van der Waals surface area contributed by atoms with E-state index in [0.29, 0.717) is 6.08 Å². The fourth-order valence-electron chi connectivity index (χ4n) is 2.45. The molecule has 0 amide bonds. The van der Waals surface area contributed by atoms with Gasteiger partial charge in [0.05, 0.1) is 12.2 Å². The number of hydrogen-bond donors (Lipinski definition) is 0. The molecule has 2 rings (SSSR count). The maximum absolute atomic E-state index is 13.4. The molecular weight excluding hydrogens is 398 g/mol. The van der Waals surface area contributed by atoms with Gasteiger partial charge in [-0.05, 0) is 37.1 Å². The quantitative estimate of drug-likeness (QED) is 0.222. The van der Waals surface area contributed by atoms with E-state index in [1.807, 2.05) is 0 Å². The molecule has 0 spiro atoms. The number of hydrogen-bond acceptors (Lipinski definition) is 2. The molecule has 0 aliphatic carbocycles. The summed E-state index contributed by atoms with van der Waals surface area (Å²) in [6.45, 7) is 1.57. The number of carbonyl (C=O) groups is 1. The Labute approximate surface area is 163 Å². The average Bonchev–Trinajstić information content (AvgIpc) is 2.62. The molecule has 2 aromatic carbocycles. The first-order valence-electron chi connectivity index (χ1n) is 8.65. The van der Waals surface area contributed by atoms with Crippen LogP contribution in [-0.4, -0.2) is 24.7 Å². The van der Waals surface area contributed by atoms with Gasteiger partial charge >= 0.3 is 12.4 Å². The van der Waals surface area contributed by atoms with E-state index in [1.165, 1.54) is 24.3 Å². The molecule has 2 nitrogen and oxygen atoms in total. The van der Waals surface area contributed by atoms with Crippen LogP contribution in [0.5, 0.6) is 5.75 Å². The third kappa shape index (κ3) is 7.29. The zero-order valence-corrected chi connectivity index (χ0v) is 15.4. The Morgan fingerprint density at radius 1 is 0.897 bits per heavy atom. The summed E-state index contributed by atoms with van der Waals surface area (Å²) in [6.07, 6.45) is -9.79. The lowest BCUT2D eigenvalue weighted by Gasteiger charge is -2.13. The van der Waals surface area contributed by atoms with Gasteiger partial charge in [-0.2, -0.15) is 26.3 Å². The topological polar surface area (TPSA) is 26.3 Å². The molecule has 0 bridgehead atoms. The minimum absolute atomic E-state index is 0.127. The van der Waals surface area contributed by atoms with Gasteiger partial charge in [-0.3, -0.25) is 4.79 Å². The van der Waals surface area contributed by atoms with Crippen LogP contribution < -0.4 is 4.74 Å². The van der Waals surface area contributed by atoms with Gasteiger partial charge in [-0.15, -0.1) is 0 Å². The van der Waals surface area contributed by atoms with E-state index in [1.54, 1.807) is 19.1 Å². The molecule has 0 N–H and O–H groups in total. The van der Waals surface area contributed by atoms with Crippen LogP contribution in [0.3, 0.4) is 0 Å². The Morgan fingerprint density at radius 2 is 1.45 bits per heavy atom. The molecular formula is C21H18F6O2. The Balaban J connectivity index is 2.14. The molecule has 0 aliphatic rings. The Kier molecular flexibility index (Phi) is 7.11. The van der Waals surface area contributed by atoms with Gasteiger partial charge in [0.2, 0.25) is 0 Å². The van der Waals surface area contributed by atoms with E-state index < -0.39 is 30.1 Å². The van der Waals surface area contributed by atoms with Crippen LogP contribution in [0.15, 0.2) is 54.6 Å². The van der Waals surface area contributed by atoms with Gasteiger partial charge in [-0.25, -0.2) is 0 Å². The molecule has 2 aromatic rings. The molecule has 0 saturated heterocycles. The standard InChI is InChI=1S/C21H18F6O2/c1-14-3-5-16(6-4-14)19(28)13-18(21(25,26)27)15-7-9-17(10-8-15)29-12-2-11-20(22,23)24/h3-10,13H,2,11-12H2,1H3. The summed E-state index contributed by atoms with van der Waals surface area (Å²) < 4.78 is 81.7. The van der Waals surface area contributed by atoms with E-state index in [-0.39, 0.29) is 29.9 Å². The summed E-state index contributed by atoms with van der Waals surface area (Å²) in [6, 6.07) is 10.8. The van der Waals surface area contributed by atoms with E-state index in [0.717, 1.165) is 17.7 Å². The van der Waals surface area contributed by atoms with Gasteiger partial charge < -0.3 is 4.74 Å². The smallest absolute Gasteiger partial charge is 0.417 e. The molecule has 0 atom stereocenters. The number of allylic oxidation sites excluding steroid dienone is 2. The van der Waals surface area contributed by atoms with Gasteiger partial charge in [0.1, 0.15) is 5.75 Å². The van der Waals surface area contributed by atoms with E-state index >= 15 is 0 Å². The number of halogens is 6. The molecule has 0 unspecified atom stereocenters. The van der Waals surface area contributed by atoms with Crippen LogP contribution in [-0.2, 0) is 0 Å². The van der Waals surface area contributed by atoms with Crippen molar-refractivity contribution in [3.05, 3.63) is 71.3 Å². The van der Waals surface area contributed by atoms with Crippen LogP contribution >= 0.6 is 0 Å². The van der Waals surface area contributed by atoms with Crippen LogP contribution in [0.2, 0.25) is 0 Å². The molecule has 0 radical (unpaired) electrons. The van der Waals surface area contributed by atoms with Gasteiger partial charge in [-0.1, -0.05) is 42.0 Å². The normalized spacial score (nSPS) is 12.7. The predicted molar refractivity (Wildman–Crippen MR) is 96.8 cm³/mol. The monoisotopic (exact) mass is 416 g/mol. The first-order valence-corrected chi connectivity index (χ1v) is 8.65. The fraction of sp³-hybridized carbons (Fsp3) is 0.286. The maximum Gasteiger partial charge on any atom is 0.417 e. The van der Waals surface area contributed by atoms with Crippen molar-refractivity contribution >= 4 is 11.4 Å². The highest BCUT2D eigenvalue weighted by atomic mass is 19.4. The van der Waals surface area contributed by atoms with Crippen molar-refractivity contribution in [3.63, 3.8) is 0 Å². The summed E-state index contributed by atoms with van der Waals surface area (Å²) >= 11 is 0. The summed E-state index contributed by atoms with van der Waals surface area (Å²) in [7, 11) is 0.